The van der Waals surface area contributed by atoms with Crippen molar-refractivity contribution in [3.8, 4) is 0 Å². The van der Waals surface area contributed by atoms with Crippen molar-refractivity contribution >= 4 is 35.9 Å². The largest absolute Gasteiger partial charge is 0.352 e. The average Bonchev–Trinajstić information content (AvgIpc) is 2.77. The molecule has 0 fully saturated rings. The van der Waals surface area contributed by atoms with E-state index in [1.54, 1.807) is 0 Å². The van der Waals surface area contributed by atoms with E-state index in [0.29, 0.717) is 6.07 Å². The van der Waals surface area contributed by atoms with Gasteiger partial charge in [-0.05, 0) is 30.8 Å². The van der Waals surface area contributed by atoms with Crippen LogP contribution in [0.5, 0.6) is 0 Å². The highest BCUT2D eigenvalue weighted by Gasteiger charge is 2.17. The van der Waals surface area contributed by atoms with Crippen LogP contribution in [0.15, 0.2) is 24.4 Å². The quantitative estimate of drug-likeness (QED) is 0.185. The van der Waals surface area contributed by atoms with E-state index in [1.807, 2.05) is 0 Å². The lowest BCUT2D eigenvalue weighted by Gasteiger charge is -2.18. The molecule has 1 atom stereocenters. The minimum absolute atomic E-state index is 0.0231. The second-order valence-electron chi connectivity index (χ2n) is 6.99. The average molecular weight is 479 g/mol. The lowest BCUT2D eigenvalue weighted by molar-refractivity contribution is 0.237. The van der Waals surface area contributed by atoms with Gasteiger partial charge in [-0.3, -0.25) is 15.6 Å². The van der Waals surface area contributed by atoms with E-state index in [2.05, 4.69) is 31.2 Å². The molecule has 2 rings (SSSR count). The van der Waals surface area contributed by atoms with Gasteiger partial charge in [0.1, 0.15) is 17.5 Å². The number of benzene rings is 1. The summed E-state index contributed by atoms with van der Waals surface area (Å²) in [6.07, 6.45) is 1.89. The van der Waals surface area contributed by atoms with E-state index in [1.165, 1.54) is 14.0 Å². The third-order valence-corrected chi connectivity index (χ3v) is 4.42. The Hall–Kier alpha value is -4.23. The Labute approximate surface area is 193 Å². The molecule has 1 heterocycles. The molecule has 0 unspecified atom stereocenters. The summed E-state index contributed by atoms with van der Waals surface area (Å²) < 4.78 is 40.8. The van der Waals surface area contributed by atoms with Crippen LogP contribution in [-0.4, -0.2) is 59.1 Å². The molecular formula is C20H24F3N9O2. The van der Waals surface area contributed by atoms with Gasteiger partial charge in [0.05, 0.1) is 12.2 Å². The van der Waals surface area contributed by atoms with Gasteiger partial charge in [-0.2, -0.15) is 4.98 Å². The lowest BCUT2D eigenvalue weighted by Crippen LogP contribution is -2.40. The number of amidine groups is 1. The summed E-state index contributed by atoms with van der Waals surface area (Å²) in [5.41, 5.74) is 0.174. The van der Waals surface area contributed by atoms with Crippen LogP contribution in [0, 0.1) is 28.3 Å². The number of halogens is 3. The number of carbonyl (C=O) groups is 2. The normalized spacial score (nSPS) is 11.2. The first-order valence-corrected chi connectivity index (χ1v) is 9.96. The van der Waals surface area contributed by atoms with E-state index in [4.69, 9.17) is 10.8 Å². The number of aromatic nitrogens is 2. The number of carbonyl (C=O) groups excluding carboxylic acids is 2. The minimum Gasteiger partial charge on any atom is -0.352 e. The zero-order valence-corrected chi connectivity index (χ0v) is 18.4. The Balaban J connectivity index is 1.88. The molecule has 0 saturated carbocycles. The van der Waals surface area contributed by atoms with Gasteiger partial charge < -0.3 is 21.4 Å². The molecule has 0 radical (unpaired) electrons. The van der Waals surface area contributed by atoms with Gasteiger partial charge in [-0.25, -0.2) is 27.7 Å². The van der Waals surface area contributed by atoms with E-state index < -0.39 is 41.4 Å². The van der Waals surface area contributed by atoms with Crippen molar-refractivity contribution < 1.29 is 22.8 Å². The van der Waals surface area contributed by atoms with Gasteiger partial charge in [-0.15, -0.1) is 0 Å². The van der Waals surface area contributed by atoms with Crippen molar-refractivity contribution in [3.05, 3.63) is 47.4 Å². The molecule has 6 N–H and O–H groups in total. The number of hydrogen-bond donors (Lipinski definition) is 6. The highest BCUT2D eigenvalue weighted by atomic mass is 19.1. The zero-order chi connectivity index (χ0) is 25.3. The number of amides is 4. The lowest BCUT2D eigenvalue weighted by atomic mass is 10.0. The summed E-state index contributed by atoms with van der Waals surface area (Å²) in [5, 5.41) is 24.7. The zero-order valence-electron chi connectivity index (χ0n) is 18.4. The molecule has 4 amide bonds. The molecule has 0 saturated heterocycles. The molecule has 34 heavy (non-hydrogen) atoms. The number of hydrogen-bond acceptors (Lipinski definition) is 7. The molecule has 0 aliphatic heterocycles. The van der Waals surface area contributed by atoms with Gasteiger partial charge >= 0.3 is 12.1 Å². The van der Waals surface area contributed by atoms with Gasteiger partial charge in [0, 0.05) is 32.6 Å². The Bertz CT molecular complexity index is 1050. The smallest absolute Gasteiger partial charge is 0.328 e. The standard InChI is InChI=1S/C20H24F3N9O2/c1-11(25)32(2)20(34)31-17-15(23)10-28-18(30-17)26-5-6-27-19(33)29-16(3-4-24)12-7-13(21)9-14(22)8-12/h4,7-10,16,24-25H,3,5-6H2,1-2H3,(H2,27,29,33)(H2,26,28,30,31,34)/t16-/m0/s1. The second kappa shape index (κ2) is 12.1. The molecule has 0 bridgehead atoms. The van der Waals surface area contributed by atoms with E-state index >= 15 is 0 Å². The number of rotatable bonds is 9. The van der Waals surface area contributed by atoms with Crippen LogP contribution in [0.1, 0.15) is 24.9 Å². The Morgan fingerprint density at radius 2 is 1.85 bits per heavy atom. The van der Waals surface area contributed by atoms with E-state index in [0.717, 1.165) is 29.4 Å². The highest BCUT2D eigenvalue weighted by Crippen LogP contribution is 2.18. The molecule has 0 aliphatic rings. The van der Waals surface area contributed by atoms with E-state index in [9.17, 15) is 22.8 Å². The Morgan fingerprint density at radius 3 is 2.47 bits per heavy atom. The van der Waals surface area contributed by atoms with Crippen LogP contribution in [0.2, 0.25) is 0 Å². The Kier molecular flexibility index (Phi) is 9.28. The van der Waals surface area contributed by atoms with Crippen molar-refractivity contribution in [1.29, 1.82) is 10.8 Å². The van der Waals surface area contributed by atoms with Crippen LogP contribution < -0.4 is 21.3 Å². The fourth-order valence-corrected chi connectivity index (χ4v) is 2.61. The van der Waals surface area contributed by atoms with Crippen molar-refractivity contribution in [2.24, 2.45) is 0 Å². The third kappa shape index (κ3) is 7.72. The monoisotopic (exact) mass is 479 g/mol. The predicted molar refractivity (Wildman–Crippen MR) is 120 cm³/mol. The summed E-state index contributed by atoms with van der Waals surface area (Å²) in [7, 11) is 1.34. The predicted octanol–water partition coefficient (Wildman–Crippen LogP) is 2.85. The summed E-state index contributed by atoms with van der Waals surface area (Å²) in [4.78, 5) is 32.7. The fourth-order valence-electron chi connectivity index (χ4n) is 2.61. The Morgan fingerprint density at radius 1 is 1.18 bits per heavy atom. The molecule has 1 aromatic heterocycles. The first kappa shape index (κ1) is 26.0. The minimum atomic E-state index is -0.876. The third-order valence-electron chi connectivity index (χ3n) is 4.42. The van der Waals surface area contributed by atoms with Crippen molar-refractivity contribution in [2.75, 3.05) is 30.8 Å². The van der Waals surface area contributed by atoms with Gasteiger partial charge in [-0.1, -0.05) is 0 Å². The number of anilines is 2. The summed E-state index contributed by atoms with van der Waals surface area (Å²) in [5.74, 6) is -2.95. The molecule has 2 aromatic rings. The van der Waals surface area contributed by atoms with Crippen LogP contribution in [-0.2, 0) is 0 Å². The first-order valence-electron chi connectivity index (χ1n) is 9.96. The molecule has 14 heteroatoms. The maximum absolute atomic E-state index is 13.9. The maximum atomic E-state index is 13.9. The van der Waals surface area contributed by atoms with Gasteiger partial charge in [0.2, 0.25) is 5.95 Å². The first-order chi connectivity index (χ1) is 16.1. The van der Waals surface area contributed by atoms with Crippen LogP contribution in [0.3, 0.4) is 0 Å². The SMILES string of the molecule is CC(=N)N(C)C(=O)Nc1nc(NCCNC(=O)N[C@@H](CC=N)c2cc(F)cc(F)c2)ncc1F. The van der Waals surface area contributed by atoms with E-state index in [-0.39, 0.29) is 36.9 Å². The number of nitrogens with zero attached hydrogens (tertiary/aromatic N) is 3. The van der Waals surface area contributed by atoms with Gasteiger partial charge in [0.15, 0.2) is 11.6 Å². The van der Waals surface area contributed by atoms with Crippen molar-refractivity contribution in [2.45, 2.75) is 19.4 Å². The maximum Gasteiger partial charge on any atom is 0.328 e. The summed E-state index contributed by atoms with van der Waals surface area (Å²) in [6.45, 7) is 1.57. The molecule has 0 aliphatic carbocycles. The second-order valence-corrected chi connectivity index (χ2v) is 6.99. The topological polar surface area (TPSA) is 159 Å². The fraction of sp³-hybridized carbons (Fsp3) is 0.300. The highest BCUT2D eigenvalue weighted by molar-refractivity contribution is 6.00. The molecule has 11 nitrogen and oxygen atoms in total. The molecule has 182 valence electrons. The van der Waals surface area contributed by atoms with Crippen LogP contribution in [0.4, 0.5) is 34.5 Å². The van der Waals surface area contributed by atoms with Crippen LogP contribution in [0.25, 0.3) is 0 Å². The number of urea groups is 2. The molecule has 0 spiro atoms. The van der Waals surface area contributed by atoms with Crippen molar-refractivity contribution in [3.63, 3.8) is 0 Å². The molecular weight excluding hydrogens is 455 g/mol. The molecule has 1 aromatic carbocycles. The van der Waals surface area contributed by atoms with Gasteiger partial charge in [0.25, 0.3) is 0 Å². The summed E-state index contributed by atoms with van der Waals surface area (Å²) >= 11 is 0. The number of nitrogens with one attached hydrogen (secondary N) is 6. The van der Waals surface area contributed by atoms with Crippen molar-refractivity contribution in [1.82, 2.24) is 25.5 Å². The van der Waals surface area contributed by atoms with Crippen LogP contribution >= 0.6 is 0 Å². The summed E-state index contributed by atoms with van der Waals surface area (Å²) in [6, 6.07) is 0.636.